The maximum Gasteiger partial charge on any atom is 0.306 e. The second-order valence-corrected chi connectivity index (χ2v) is 22.7. The molecule has 0 amide bonds. The molecule has 0 aliphatic heterocycles. The molecule has 0 saturated heterocycles. The number of hydrogen-bond donors (Lipinski definition) is 0. The summed E-state index contributed by atoms with van der Waals surface area (Å²) < 4.78 is 16.9. The molecule has 6 nitrogen and oxygen atoms in total. The molecular weight excluding hydrogens is 997 g/mol. The van der Waals surface area contributed by atoms with Gasteiger partial charge in [-0.1, -0.05) is 304 Å². The molecule has 0 N–H and O–H groups in total. The third-order valence-corrected chi connectivity index (χ3v) is 14.7. The molecular formula is C75H128O6. The van der Waals surface area contributed by atoms with E-state index in [1.807, 2.05) is 6.08 Å². The average molecular weight is 1130 g/mol. The van der Waals surface area contributed by atoms with Crippen molar-refractivity contribution in [3.05, 3.63) is 109 Å². The van der Waals surface area contributed by atoms with Crippen LogP contribution in [0.1, 0.15) is 329 Å². The lowest BCUT2D eigenvalue weighted by Gasteiger charge is -2.18. The van der Waals surface area contributed by atoms with Crippen molar-refractivity contribution < 1.29 is 28.6 Å². The van der Waals surface area contributed by atoms with Crippen molar-refractivity contribution in [1.82, 2.24) is 0 Å². The predicted octanol–water partition coefficient (Wildman–Crippen LogP) is 23.8. The molecule has 0 bridgehead atoms. The fourth-order valence-electron chi connectivity index (χ4n) is 9.61. The molecule has 0 aliphatic carbocycles. The summed E-state index contributed by atoms with van der Waals surface area (Å²) in [5.41, 5.74) is 0. The first kappa shape index (κ1) is 77.1. The van der Waals surface area contributed by atoms with E-state index in [0.29, 0.717) is 19.3 Å². The number of rotatable bonds is 62. The third kappa shape index (κ3) is 66.8. The van der Waals surface area contributed by atoms with E-state index in [-0.39, 0.29) is 31.6 Å². The summed E-state index contributed by atoms with van der Waals surface area (Å²) in [7, 11) is 0. The second kappa shape index (κ2) is 68.6. The van der Waals surface area contributed by atoms with E-state index >= 15 is 0 Å². The Bertz CT molecular complexity index is 1620. The number of ether oxygens (including phenoxy) is 3. The zero-order valence-electron chi connectivity index (χ0n) is 53.3. The first-order chi connectivity index (χ1) is 40.0. The number of carbonyl (C=O) groups is 3. The van der Waals surface area contributed by atoms with Gasteiger partial charge >= 0.3 is 17.9 Å². The van der Waals surface area contributed by atoms with Gasteiger partial charge < -0.3 is 14.2 Å². The number of carbonyl (C=O) groups excluding carboxylic acids is 3. The van der Waals surface area contributed by atoms with Crippen LogP contribution in [0.15, 0.2) is 109 Å². The molecule has 1 unspecified atom stereocenters. The fourth-order valence-corrected chi connectivity index (χ4v) is 9.61. The number of unbranched alkanes of at least 4 members (excludes halogenated alkanes) is 33. The Kier molecular flexibility index (Phi) is 65.2. The summed E-state index contributed by atoms with van der Waals surface area (Å²) in [6, 6.07) is 0. The maximum atomic E-state index is 12.9. The third-order valence-electron chi connectivity index (χ3n) is 14.7. The minimum atomic E-state index is -0.823. The highest BCUT2D eigenvalue weighted by molar-refractivity contribution is 5.71. The minimum absolute atomic E-state index is 0.109. The summed E-state index contributed by atoms with van der Waals surface area (Å²) in [6.45, 7) is 6.46. The van der Waals surface area contributed by atoms with Gasteiger partial charge in [0.1, 0.15) is 13.2 Å². The molecule has 464 valence electrons. The molecule has 0 aromatic rings. The van der Waals surface area contributed by atoms with Gasteiger partial charge in [0.05, 0.1) is 0 Å². The molecule has 0 rings (SSSR count). The van der Waals surface area contributed by atoms with E-state index in [1.165, 1.54) is 186 Å². The first-order valence-corrected chi connectivity index (χ1v) is 34.4. The van der Waals surface area contributed by atoms with Crippen molar-refractivity contribution in [3.63, 3.8) is 0 Å². The summed E-state index contributed by atoms with van der Waals surface area (Å²) in [4.78, 5) is 38.3. The highest BCUT2D eigenvalue weighted by Crippen LogP contribution is 2.17. The van der Waals surface area contributed by atoms with Gasteiger partial charge in [0.25, 0.3) is 0 Å². The van der Waals surface area contributed by atoms with Crippen LogP contribution in [-0.4, -0.2) is 37.2 Å². The highest BCUT2D eigenvalue weighted by Gasteiger charge is 2.19. The summed E-state index contributed by atoms with van der Waals surface area (Å²) >= 11 is 0. The molecule has 6 heteroatoms. The highest BCUT2D eigenvalue weighted by atomic mass is 16.6. The van der Waals surface area contributed by atoms with Crippen molar-refractivity contribution >= 4 is 17.9 Å². The standard InChI is InChI=1S/C75H128O6/c1-4-7-10-13-16-19-22-25-27-29-31-32-33-34-35-36-37-38-39-40-41-42-44-45-47-50-53-56-59-62-65-68-74(77)80-71-72(70-79-73(76)67-64-61-58-55-52-49-24-21-18-15-12-9-6-3)81-75(78)69-66-63-60-57-54-51-48-46-43-30-28-26-23-20-17-14-11-8-5-2/h8,11,17,20-22,24-26,28-29,31,43,46,51,54,60,63,72H,4-7,9-10,12-16,18-19,23,27,30,32-42,44-45,47-50,52-53,55-59,61-62,64-71H2,1-3H3/b11-8-,20-17-,24-21-,25-22-,28-26-,31-29-,46-43-,54-51-,63-60-. The van der Waals surface area contributed by atoms with Crippen LogP contribution in [0.5, 0.6) is 0 Å². The van der Waals surface area contributed by atoms with E-state index in [2.05, 4.69) is 124 Å². The van der Waals surface area contributed by atoms with E-state index in [1.54, 1.807) is 0 Å². The molecule has 0 spiro atoms. The minimum Gasteiger partial charge on any atom is -0.462 e. The van der Waals surface area contributed by atoms with Gasteiger partial charge in [-0.2, -0.15) is 0 Å². The number of esters is 3. The van der Waals surface area contributed by atoms with E-state index in [4.69, 9.17) is 14.2 Å². The van der Waals surface area contributed by atoms with Crippen molar-refractivity contribution in [2.75, 3.05) is 13.2 Å². The SMILES string of the molecule is CC/C=C\C/C=C\C/C=C\C/C=C\C/C=C\C/C=C\CCC(=O)OC(COC(=O)CCCCCCC/C=C\CCCCCC)COC(=O)CCCCCCCCCCCCCCCCCCCCC/C=C\C/C=C\CCCCCCC. The smallest absolute Gasteiger partial charge is 0.306 e. The largest absolute Gasteiger partial charge is 0.462 e. The van der Waals surface area contributed by atoms with E-state index < -0.39 is 12.1 Å². The Morgan fingerprint density at radius 3 is 0.827 bits per heavy atom. The molecule has 0 heterocycles. The summed E-state index contributed by atoms with van der Waals surface area (Å²) in [6.07, 6.45) is 94.2. The molecule has 0 radical (unpaired) electrons. The Labute approximate surface area is 501 Å². The Hall–Kier alpha value is -3.93. The van der Waals surface area contributed by atoms with Gasteiger partial charge in [0.2, 0.25) is 0 Å². The molecule has 0 saturated carbocycles. The Morgan fingerprint density at radius 1 is 0.259 bits per heavy atom. The van der Waals surface area contributed by atoms with Crippen LogP contribution in [0, 0.1) is 0 Å². The Balaban J connectivity index is 4.28. The van der Waals surface area contributed by atoms with Crippen LogP contribution in [-0.2, 0) is 28.6 Å². The molecule has 0 aliphatic rings. The van der Waals surface area contributed by atoms with Crippen LogP contribution < -0.4 is 0 Å². The number of allylic oxidation sites excluding steroid dienone is 18. The second-order valence-electron chi connectivity index (χ2n) is 22.7. The van der Waals surface area contributed by atoms with Crippen molar-refractivity contribution in [2.24, 2.45) is 0 Å². The van der Waals surface area contributed by atoms with Crippen LogP contribution in [0.25, 0.3) is 0 Å². The van der Waals surface area contributed by atoms with Gasteiger partial charge in [-0.25, -0.2) is 0 Å². The monoisotopic (exact) mass is 1120 g/mol. The lowest BCUT2D eigenvalue weighted by atomic mass is 10.0. The summed E-state index contributed by atoms with van der Waals surface area (Å²) in [5.74, 6) is -0.994. The van der Waals surface area contributed by atoms with Crippen LogP contribution in [0.4, 0.5) is 0 Å². The normalized spacial score (nSPS) is 12.8. The van der Waals surface area contributed by atoms with Crippen molar-refractivity contribution in [1.29, 1.82) is 0 Å². The van der Waals surface area contributed by atoms with Crippen LogP contribution in [0.2, 0.25) is 0 Å². The van der Waals surface area contributed by atoms with Gasteiger partial charge in [-0.05, 0) is 116 Å². The van der Waals surface area contributed by atoms with Crippen LogP contribution in [0.3, 0.4) is 0 Å². The maximum absolute atomic E-state index is 12.9. The zero-order valence-corrected chi connectivity index (χ0v) is 53.3. The molecule has 0 aromatic carbocycles. The molecule has 0 fully saturated rings. The predicted molar refractivity (Wildman–Crippen MR) is 353 cm³/mol. The van der Waals surface area contributed by atoms with Gasteiger partial charge in [-0.15, -0.1) is 0 Å². The Morgan fingerprint density at radius 2 is 0.506 bits per heavy atom. The van der Waals surface area contributed by atoms with E-state index in [0.717, 1.165) is 96.3 Å². The molecule has 0 aromatic heterocycles. The fraction of sp³-hybridized carbons (Fsp3) is 0.720. The topological polar surface area (TPSA) is 78.9 Å². The van der Waals surface area contributed by atoms with Crippen molar-refractivity contribution in [3.8, 4) is 0 Å². The van der Waals surface area contributed by atoms with Gasteiger partial charge in [0, 0.05) is 19.3 Å². The summed E-state index contributed by atoms with van der Waals surface area (Å²) in [5, 5.41) is 0. The zero-order chi connectivity index (χ0) is 58.5. The quantitative estimate of drug-likeness (QED) is 0.0261. The van der Waals surface area contributed by atoms with E-state index in [9.17, 15) is 14.4 Å². The lowest BCUT2D eigenvalue weighted by molar-refractivity contribution is -0.166. The molecule has 81 heavy (non-hydrogen) atoms. The van der Waals surface area contributed by atoms with Crippen LogP contribution >= 0.6 is 0 Å². The average Bonchev–Trinajstić information content (AvgIpc) is 3.46. The van der Waals surface area contributed by atoms with Crippen molar-refractivity contribution in [2.45, 2.75) is 335 Å². The molecule has 1 atom stereocenters. The lowest BCUT2D eigenvalue weighted by Crippen LogP contribution is -2.30. The first-order valence-electron chi connectivity index (χ1n) is 34.4. The van der Waals surface area contributed by atoms with Gasteiger partial charge in [-0.3, -0.25) is 14.4 Å². The van der Waals surface area contributed by atoms with Gasteiger partial charge in [0.15, 0.2) is 6.10 Å². The number of hydrogen-bond acceptors (Lipinski definition) is 6.